The Kier molecular flexibility index (Phi) is 2.80. The SMILES string of the molecule is OB(O)c1ccc2nc(C(F)(F)F)ccc2c1. The molecular formula is C10H7BF3NO2. The molecule has 3 nitrogen and oxygen atoms in total. The van der Waals surface area contributed by atoms with Gasteiger partial charge in [-0.2, -0.15) is 13.2 Å². The first kappa shape index (κ1) is 11.9. The minimum absolute atomic E-state index is 0.157. The van der Waals surface area contributed by atoms with Crippen LogP contribution in [0.1, 0.15) is 5.69 Å². The Morgan fingerprint density at radius 3 is 2.35 bits per heavy atom. The van der Waals surface area contributed by atoms with E-state index in [0.29, 0.717) is 5.39 Å². The summed E-state index contributed by atoms with van der Waals surface area (Å²) in [5, 5.41) is 18.3. The van der Waals surface area contributed by atoms with Crippen LogP contribution >= 0.6 is 0 Å². The highest BCUT2D eigenvalue weighted by Crippen LogP contribution is 2.28. The van der Waals surface area contributed by atoms with E-state index in [4.69, 9.17) is 10.0 Å². The van der Waals surface area contributed by atoms with Gasteiger partial charge in [0.1, 0.15) is 5.69 Å². The molecule has 0 aliphatic heterocycles. The van der Waals surface area contributed by atoms with Gasteiger partial charge in [0.25, 0.3) is 0 Å². The smallest absolute Gasteiger partial charge is 0.423 e. The molecule has 0 aliphatic carbocycles. The summed E-state index contributed by atoms with van der Waals surface area (Å²) in [6.07, 6.45) is -4.48. The van der Waals surface area contributed by atoms with Crippen molar-refractivity contribution in [1.29, 1.82) is 0 Å². The molecule has 0 fully saturated rings. The summed E-state index contributed by atoms with van der Waals surface area (Å²) in [7, 11) is -1.65. The summed E-state index contributed by atoms with van der Waals surface area (Å²) < 4.78 is 37.1. The Labute approximate surface area is 94.7 Å². The van der Waals surface area contributed by atoms with Crippen molar-refractivity contribution in [3.63, 3.8) is 0 Å². The second-order valence-electron chi connectivity index (χ2n) is 3.52. The van der Waals surface area contributed by atoms with E-state index in [1.54, 1.807) is 0 Å². The fourth-order valence-electron chi connectivity index (χ4n) is 1.46. The highest BCUT2D eigenvalue weighted by molar-refractivity contribution is 6.58. The van der Waals surface area contributed by atoms with Crippen LogP contribution in [0.4, 0.5) is 13.2 Å². The summed E-state index contributed by atoms with van der Waals surface area (Å²) in [6, 6.07) is 6.12. The molecule has 1 aromatic heterocycles. The Morgan fingerprint density at radius 1 is 1.06 bits per heavy atom. The fourth-order valence-corrected chi connectivity index (χ4v) is 1.46. The molecule has 2 N–H and O–H groups in total. The highest BCUT2D eigenvalue weighted by Gasteiger charge is 2.32. The van der Waals surface area contributed by atoms with Crippen LogP contribution in [0, 0.1) is 0 Å². The van der Waals surface area contributed by atoms with Crippen LogP contribution in [-0.2, 0) is 6.18 Å². The lowest BCUT2D eigenvalue weighted by Crippen LogP contribution is -2.29. The molecule has 0 saturated carbocycles. The third-order valence-corrected chi connectivity index (χ3v) is 2.30. The quantitative estimate of drug-likeness (QED) is 0.730. The molecule has 2 rings (SSSR count). The third-order valence-electron chi connectivity index (χ3n) is 2.30. The van der Waals surface area contributed by atoms with Gasteiger partial charge in [-0.15, -0.1) is 0 Å². The maximum Gasteiger partial charge on any atom is 0.488 e. The molecule has 0 bridgehead atoms. The predicted molar refractivity (Wildman–Crippen MR) is 56.6 cm³/mol. The Morgan fingerprint density at radius 2 is 1.76 bits per heavy atom. The molecule has 0 saturated heterocycles. The molecule has 1 heterocycles. The van der Waals surface area contributed by atoms with E-state index in [1.807, 2.05) is 0 Å². The number of halogens is 3. The van der Waals surface area contributed by atoms with Crippen LogP contribution in [0.2, 0.25) is 0 Å². The van der Waals surface area contributed by atoms with Gasteiger partial charge in [0, 0.05) is 0 Å². The molecule has 0 amide bonds. The minimum atomic E-state index is -4.48. The van der Waals surface area contributed by atoms with E-state index in [2.05, 4.69) is 4.98 Å². The van der Waals surface area contributed by atoms with Crippen molar-refractivity contribution in [2.75, 3.05) is 0 Å². The maximum absolute atomic E-state index is 12.4. The molecule has 2 aromatic rings. The summed E-state index contributed by atoms with van der Waals surface area (Å²) in [4.78, 5) is 3.46. The lowest BCUT2D eigenvalue weighted by Gasteiger charge is -2.07. The van der Waals surface area contributed by atoms with Crippen molar-refractivity contribution >= 4 is 23.5 Å². The predicted octanol–water partition coefficient (Wildman–Crippen LogP) is 0.933. The van der Waals surface area contributed by atoms with Crippen LogP contribution in [0.3, 0.4) is 0 Å². The van der Waals surface area contributed by atoms with Gasteiger partial charge in [-0.25, -0.2) is 4.98 Å². The topological polar surface area (TPSA) is 53.4 Å². The number of hydrogen-bond acceptors (Lipinski definition) is 3. The maximum atomic E-state index is 12.4. The van der Waals surface area contributed by atoms with Crippen LogP contribution in [0.5, 0.6) is 0 Å². The van der Waals surface area contributed by atoms with Crippen molar-refractivity contribution in [2.24, 2.45) is 0 Å². The monoisotopic (exact) mass is 241 g/mol. The summed E-state index contributed by atoms with van der Waals surface area (Å²) in [5.74, 6) is 0. The lowest BCUT2D eigenvalue weighted by atomic mass is 9.80. The summed E-state index contributed by atoms with van der Waals surface area (Å²) in [6.45, 7) is 0. The van der Waals surface area contributed by atoms with Gasteiger partial charge >= 0.3 is 13.3 Å². The van der Waals surface area contributed by atoms with Gasteiger partial charge in [-0.1, -0.05) is 18.2 Å². The van der Waals surface area contributed by atoms with E-state index in [9.17, 15) is 13.2 Å². The Balaban J connectivity index is 2.54. The van der Waals surface area contributed by atoms with Crippen LogP contribution in [0.15, 0.2) is 30.3 Å². The number of alkyl halides is 3. The number of benzene rings is 1. The normalized spacial score (nSPS) is 11.8. The van der Waals surface area contributed by atoms with E-state index in [1.165, 1.54) is 24.3 Å². The first-order valence-electron chi connectivity index (χ1n) is 4.72. The molecule has 0 atom stereocenters. The van der Waals surface area contributed by atoms with E-state index in [-0.39, 0.29) is 11.0 Å². The molecule has 0 radical (unpaired) electrons. The zero-order chi connectivity index (χ0) is 12.6. The molecular weight excluding hydrogens is 234 g/mol. The Bertz CT molecular complexity index is 557. The Hall–Kier alpha value is -1.60. The largest absolute Gasteiger partial charge is 0.488 e. The molecule has 0 spiro atoms. The second kappa shape index (κ2) is 4.01. The number of hydrogen-bond donors (Lipinski definition) is 2. The van der Waals surface area contributed by atoms with Gasteiger partial charge < -0.3 is 10.0 Å². The van der Waals surface area contributed by atoms with Crippen molar-refractivity contribution in [2.45, 2.75) is 6.18 Å². The molecule has 1 aromatic carbocycles. The lowest BCUT2D eigenvalue weighted by molar-refractivity contribution is -0.140. The first-order chi connectivity index (χ1) is 7.88. The third kappa shape index (κ3) is 2.40. The van der Waals surface area contributed by atoms with Crippen LogP contribution < -0.4 is 5.46 Å². The van der Waals surface area contributed by atoms with Gasteiger partial charge in [-0.3, -0.25) is 0 Å². The standard InChI is InChI=1S/C10H7BF3NO2/c12-10(13,14)9-4-1-6-5-7(11(16)17)2-3-8(6)15-9/h1-5,16-17H. The van der Waals surface area contributed by atoms with Crippen LogP contribution in [0.25, 0.3) is 10.9 Å². The molecule has 88 valence electrons. The minimum Gasteiger partial charge on any atom is -0.423 e. The fraction of sp³-hybridized carbons (Fsp3) is 0.100. The van der Waals surface area contributed by atoms with Crippen molar-refractivity contribution in [3.8, 4) is 0 Å². The number of nitrogens with zero attached hydrogens (tertiary/aromatic N) is 1. The summed E-state index contributed by atoms with van der Waals surface area (Å²) in [5.41, 5.74) is -0.606. The number of fused-ring (bicyclic) bond motifs is 1. The van der Waals surface area contributed by atoms with Crippen molar-refractivity contribution in [3.05, 3.63) is 36.0 Å². The van der Waals surface area contributed by atoms with Crippen molar-refractivity contribution < 1.29 is 23.2 Å². The van der Waals surface area contributed by atoms with Gasteiger partial charge in [0.05, 0.1) is 5.52 Å². The van der Waals surface area contributed by atoms with E-state index in [0.717, 1.165) is 6.07 Å². The number of aromatic nitrogens is 1. The molecule has 17 heavy (non-hydrogen) atoms. The molecule has 0 unspecified atom stereocenters. The zero-order valence-corrected chi connectivity index (χ0v) is 8.44. The average Bonchev–Trinajstić information content (AvgIpc) is 2.26. The number of pyridine rings is 1. The van der Waals surface area contributed by atoms with E-state index < -0.39 is 19.0 Å². The zero-order valence-electron chi connectivity index (χ0n) is 8.44. The summed E-state index contributed by atoms with van der Waals surface area (Å²) >= 11 is 0. The number of rotatable bonds is 1. The van der Waals surface area contributed by atoms with E-state index >= 15 is 0 Å². The first-order valence-corrected chi connectivity index (χ1v) is 4.72. The van der Waals surface area contributed by atoms with Crippen LogP contribution in [-0.4, -0.2) is 22.2 Å². The molecule has 0 aliphatic rings. The van der Waals surface area contributed by atoms with Crippen molar-refractivity contribution in [1.82, 2.24) is 4.98 Å². The average molecular weight is 241 g/mol. The molecule has 7 heteroatoms. The second-order valence-corrected chi connectivity index (χ2v) is 3.52. The highest BCUT2D eigenvalue weighted by atomic mass is 19.4. The van der Waals surface area contributed by atoms with Gasteiger partial charge in [-0.05, 0) is 23.0 Å². The van der Waals surface area contributed by atoms with Gasteiger partial charge in [0.2, 0.25) is 0 Å². The van der Waals surface area contributed by atoms with Gasteiger partial charge in [0.15, 0.2) is 0 Å².